The van der Waals surface area contributed by atoms with Crippen molar-refractivity contribution in [3.63, 3.8) is 0 Å². The van der Waals surface area contributed by atoms with Crippen LogP contribution in [0.25, 0.3) is 0 Å². The Kier molecular flexibility index (Phi) is 3.30. The zero-order valence-corrected chi connectivity index (χ0v) is 9.79. The largest absolute Gasteiger partial charge is 0.349 e. The van der Waals surface area contributed by atoms with Crippen molar-refractivity contribution in [2.45, 2.75) is 31.3 Å². The molecule has 2 heterocycles. The molecule has 90 valence electrons. The SMILES string of the molecule is O=C(CC1CCCN1)NC1C=CS(=O)(=O)C1. The van der Waals surface area contributed by atoms with Crippen LogP contribution in [-0.2, 0) is 14.6 Å². The molecule has 1 amide bonds. The van der Waals surface area contributed by atoms with Crippen molar-refractivity contribution < 1.29 is 13.2 Å². The zero-order chi connectivity index (χ0) is 11.6. The second kappa shape index (κ2) is 4.55. The Bertz CT molecular complexity index is 396. The quantitative estimate of drug-likeness (QED) is 0.705. The lowest BCUT2D eigenvalue weighted by molar-refractivity contribution is -0.121. The van der Waals surface area contributed by atoms with Crippen LogP contribution in [-0.4, -0.2) is 38.7 Å². The average Bonchev–Trinajstić information content (AvgIpc) is 2.76. The van der Waals surface area contributed by atoms with Gasteiger partial charge in [0.25, 0.3) is 0 Å². The molecule has 0 aromatic heterocycles. The zero-order valence-electron chi connectivity index (χ0n) is 8.98. The van der Waals surface area contributed by atoms with Gasteiger partial charge in [-0.15, -0.1) is 0 Å². The first-order valence-corrected chi connectivity index (χ1v) is 7.20. The topological polar surface area (TPSA) is 75.3 Å². The van der Waals surface area contributed by atoms with Gasteiger partial charge in [0.1, 0.15) is 0 Å². The Hall–Kier alpha value is -0.880. The van der Waals surface area contributed by atoms with Gasteiger partial charge in [0.05, 0.1) is 11.8 Å². The summed E-state index contributed by atoms with van der Waals surface area (Å²) >= 11 is 0. The van der Waals surface area contributed by atoms with E-state index in [1.807, 2.05) is 0 Å². The summed E-state index contributed by atoms with van der Waals surface area (Å²) in [4.78, 5) is 11.6. The predicted octanol–water partition coefficient (Wildman–Crippen LogP) is -0.445. The maximum atomic E-state index is 11.6. The van der Waals surface area contributed by atoms with Gasteiger partial charge in [0.15, 0.2) is 9.84 Å². The molecule has 2 rings (SSSR count). The van der Waals surface area contributed by atoms with E-state index in [9.17, 15) is 13.2 Å². The highest BCUT2D eigenvalue weighted by molar-refractivity contribution is 7.94. The number of carbonyl (C=O) groups excluding carboxylic acids is 1. The van der Waals surface area contributed by atoms with Gasteiger partial charge < -0.3 is 10.6 Å². The van der Waals surface area contributed by atoms with Crippen molar-refractivity contribution in [1.29, 1.82) is 0 Å². The molecule has 1 fully saturated rings. The number of sulfone groups is 1. The van der Waals surface area contributed by atoms with Crippen molar-refractivity contribution in [3.05, 3.63) is 11.5 Å². The maximum absolute atomic E-state index is 11.6. The first kappa shape index (κ1) is 11.6. The minimum Gasteiger partial charge on any atom is -0.349 e. The van der Waals surface area contributed by atoms with Gasteiger partial charge in [-0.2, -0.15) is 0 Å². The number of amides is 1. The molecule has 2 aliphatic rings. The molecule has 0 bridgehead atoms. The predicted molar refractivity (Wildman–Crippen MR) is 60.5 cm³/mol. The monoisotopic (exact) mass is 244 g/mol. The molecule has 2 N–H and O–H groups in total. The van der Waals surface area contributed by atoms with E-state index in [2.05, 4.69) is 10.6 Å². The van der Waals surface area contributed by atoms with Gasteiger partial charge in [0, 0.05) is 17.9 Å². The first-order chi connectivity index (χ1) is 7.55. The molecule has 2 unspecified atom stereocenters. The summed E-state index contributed by atoms with van der Waals surface area (Å²) in [5.41, 5.74) is 0. The molecule has 0 radical (unpaired) electrons. The summed E-state index contributed by atoms with van der Waals surface area (Å²) in [6.45, 7) is 0.968. The van der Waals surface area contributed by atoms with E-state index in [1.165, 1.54) is 11.5 Å². The molecule has 2 aliphatic heterocycles. The van der Waals surface area contributed by atoms with Crippen LogP contribution in [0.2, 0.25) is 0 Å². The summed E-state index contributed by atoms with van der Waals surface area (Å²) < 4.78 is 22.2. The normalized spacial score (nSPS) is 31.8. The Morgan fingerprint density at radius 1 is 1.50 bits per heavy atom. The van der Waals surface area contributed by atoms with E-state index in [0.717, 1.165) is 19.4 Å². The van der Waals surface area contributed by atoms with E-state index in [0.29, 0.717) is 6.42 Å². The molecule has 0 aliphatic carbocycles. The molecule has 1 saturated heterocycles. The van der Waals surface area contributed by atoms with Crippen LogP contribution < -0.4 is 10.6 Å². The lowest BCUT2D eigenvalue weighted by Crippen LogP contribution is -2.38. The molecule has 0 saturated carbocycles. The molecule has 16 heavy (non-hydrogen) atoms. The van der Waals surface area contributed by atoms with Crippen LogP contribution in [0, 0.1) is 0 Å². The van der Waals surface area contributed by atoms with Gasteiger partial charge in [-0.25, -0.2) is 8.42 Å². The van der Waals surface area contributed by atoms with Gasteiger partial charge in [0.2, 0.25) is 5.91 Å². The summed E-state index contributed by atoms with van der Waals surface area (Å²) in [6.07, 6.45) is 4.10. The Morgan fingerprint density at radius 2 is 2.31 bits per heavy atom. The second-order valence-electron chi connectivity index (χ2n) is 4.33. The lowest BCUT2D eigenvalue weighted by Gasteiger charge is -2.13. The molecular weight excluding hydrogens is 228 g/mol. The standard InChI is InChI=1S/C10H16N2O3S/c13-10(6-8-2-1-4-11-8)12-9-3-5-16(14,15)7-9/h3,5,8-9,11H,1-2,4,6-7H2,(H,12,13). The molecule has 6 heteroatoms. The Balaban J connectivity index is 1.78. The van der Waals surface area contributed by atoms with Gasteiger partial charge in [-0.1, -0.05) is 0 Å². The lowest BCUT2D eigenvalue weighted by atomic mass is 10.1. The van der Waals surface area contributed by atoms with Crippen molar-refractivity contribution >= 4 is 15.7 Å². The Morgan fingerprint density at radius 3 is 2.88 bits per heavy atom. The van der Waals surface area contributed by atoms with Crippen LogP contribution >= 0.6 is 0 Å². The minimum atomic E-state index is -3.08. The number of carbonyl (C=O) groups is 1. The number of hydrogen-bond donors (Lipinski definition) is 2. The smallest absolute Gasteiger partial charge is 0.222 e. The van der Waals surface area contributed by atoms with Crippen molar-refractivity contribution in [1.82, 2.24) is 10.6 Å². The number of hydrogen-bond acceptors (Lipinski definition) is 4. The van der Waals surface area contributed by atoms with E-state index in [4.69, 9.17) is 0 Å². The minimum absolute atomic E-state index is 0.00314. The highest BCUT2D eigenvalue weighted by Crippen LogP contribution is 2.11. The van der Waals surface area contributed by atoms with Crippen molar-refractivity contribution in [2.75, 3.05) is 12.3 Å². The number of nitrogens with one attached hydrogen (secondary N) is 2. The highest BCUT2D eigenvalue weighted by Gasteiger charge is 2.24. The first-order valence-electron chi connectivity index (χ1n) is 5.49. The van der Waals surface area contributed by atoms with Crippen LogP contribution in [0.5, 0.6) is 0 Å². The van der Waals surface area contributed by atoms with Crippen LogP contribution in [0.1, 0.15) is 19.3 Å². The molecular formula is C10H16N2O3S. The van der Waals surface area contributed by atoms with Gasteiger partial charge >= 0.3 is 0 Å². The van der Waals surface area contributed by atoms with E-state index >= 15 is 0 Å². The third-order valence-electron chi connectivity index (χ3n) is 2.87. The maximum Gasteiger partial charge on any atom is 0.222 e. The summed E-state index contributed by atoms with van der Waals surface area (Å²) in [5, 5.41) is 7.12. The Labute approximate surface area is 95.2 Å². The fourth-order valence-electron chi connectivity index (χ4n) is 2.09. The molecule has 5 nitrogen and oxygen atoms in total. The van der Waals surface area contributed by atoms with Crippen LogP contribution in [0.4, 0.5) is 0 Å². The van der Waals surface area contributed by atoms with E-state index in [1.54, 1.807) is 0 Å². The summed E-state index contributed by atoms with van der Waals surface area (Å²) in [7, 11) is -3.08. The van der Waals surface area contributed by atoms with Gasteiger partial charge in [-0.3, -0.25) is 4.79 Å². The highest BCUT2D eigenvalue weighted by atomic mass is 32.2. The third-order valence-corrected chi connectivity index (χ3v) is 4.27. The van der Waals surface area contributed by atoms with E-state index < -0.39 is 9.84 Å². The molecule has 2 atom stereocenters. The van der Waals surface area contributed by atoms with Crippen molar-refractivity contribution in [3.8, 4) is 0 Å². The van der Waals surface area contributed by atoms with E-state index in [-0.39, 0.29) is 23.7 Å². The van der Waals surface area contributed by atoms with Crippen LogP contribution in [0.15, 0.2) is 11.5 Å². The summed E-state index contributed by atoms with van der Waals surface area (Å²) in [6, 6.07) is -0.0964. The third kappa shape index (κ3) is 3.05. The van der Waals surface area contributed by atoms with Crippen LogP contribution in [0.3, 0.4) is 0 Å². The molecule has 0 spiro atoms. The van der Waals surface area contributed by atoms with Gasteiger partial charge in [-0.05, 0) is 25.5 Å². The fourth-order valence-corrected chi connectivity index (χ4v) is 3.32. The number of rotatable bonds is 3. The average molecular weight is 244 g/mol. The fraction of sp³-hybridized carbons (Fsp3) is 0.700. The molecule has 0 aromatic carbocycles. The molecule has 0 aromatic rings. The van der Waals surface area contributed by atoms with Crippen molar-refractivity contribution in [2.24, 2.45) is 0 Å². The summed E-state index contributed by atoms with van der Waals surface area (Å²) in [5.74, 6) is -0.0808. The second-order valence-corrected chi connectivity index (χ2v) is 6.26.